The third-order valence-electron chi connectivity index (χ3n) is 6.79. The molecule has 1 heterocycles. The van der Waals surface area contributed by atoms with E-state index in [-0.39, 0.29) is 24.7 Å². The van der Waals surface area contributed by atoms with E-state index in [4.69, 9.17) is 15.2 Å². The highest BCUT2D eigenvalue weighted by Gasteiger charge is 2.38. The molecule has 1 aliphatic heterocycles. The summed E-state index contributed by atoms with van der Waals surface area (Å²) in [6.07, 6.45) is 1.29. The normalized spacial score (nSPS) is 22.3. The van der Waals surface area contributed by atoms with Gasteiger partial charge >= 0.3 is 0 Å². The van der Waals surface area contributed by atoms with Crippen LogP contribution in [0.1, 0.15) is 41.6 Å². The Kier molecular flexibility index (Phi) is 8.50. The molecule has 4 atom stereocenters. The van der Waals surface area contributed by atoms with Gasteiger partial charge in [0.1, 0.15) is 0 Å². The Bertz CT molecular complexity index is 1100. The monoisotopic (exact) mass is 472 g/mol. The van der Waals surface area contributed by atoms with Crippen molar-refractivity contribution in [1.82, 2.24) is 4.90 Å². The summed E-state index contributed by atoms with van der Waals surface area (Å²) in [6, 6.07) is 24.6. The lowest BCUT2D eigenvalue weighted by atomic mass is 9.90. The number of likely N-dealkylation sites (N-methyl/N-ethyl adjacent to an activating group) is 1. The molecule has 5 nitrogen and oxygen atoms in total. The van der Waals surface area contributed by atoms with Gasteiger partial charge in [0.25, 0.3) is 0 Å². The summed E-state index contributed by atoms with van der Waals surface area (Å²) < 4.78 is 13.1. The van der Waals surface area contributed by atoms with Gasteiger partial charge in [-0.3, -0.25) is 0 Å². The van der Waals surface area contributed by atoms with Gasteiger partial charge in [0.05, 0.1) is 18.8 Å². The molecule has 1 aliphatic rings. The Labute approximate surface area is 208 Å². The van der Waals surface area contributed by atoms with E-state index in [9.17, 15) is 5.11 Å². The van der Waals surface area contributed by atoms with Crippen LogP contribution in [0.4, 0.5) is 0 Å². The SMILES string of the molecule is C=CCN(C)C[C@H]1O[C@@H](c2ccc(-c3ccccc3CN)cc2)O[C@@H](c2ccc(CO)cc2)[C@H]1C. The van der Waals surface area contributed by atoms with Gasteiger partial charge in [-0.2, -0.15) is 0 Å². The Hall–Kier alpha value is -2.80. The predicted molar refractivity (Wildman–Crippen MR) is 140 cm³/mol. The Morgan fingerprint density at radius 1 is 0.971 bits per heavy atom. The maximum absolute atomic E-state index is 9.44. The first-order valence-corrected chi connectivity index (χ1v) is 12.2. The second-order valence-electron chi connectivity index (χ2n) is 9.32. The fourth-order valence-corrected chi connectivity index (χ4v) is 4.73. The molecule has 5 heteroatoms. The average Bonchev–Trinajstić information content (AvgIpc) is 2.90. The number of rotatable bonds is 9. The van der Waals surface area contributed by atoms with Crippen molar-refractivity contribution in [3.05, 3.63) is 108 Å². The molecule has 0 unspecified atom stereocenters. The van der Waals surface area contributed by atoms with E-state index < -0.39 is 6.29 Å². The van der Waals surface area contributed by atoms with Crippen LogP contribution < -0.4 is 5.73 Å². The first-order chi connectivity index (χ1) is 17.0. The van der Waals surface area contributed by atoms with Gasteiger partial charge in [0, 0.05) is 31.1 Å². The number of nitrogens with two attached hydrogens (primary N) is 1. The highest BCUT2D eigenvalue weighted by molar-refractivity contribution is 5.67. The van der Waals surface area contributed by atoms with Crippen LogP contribution in [0.15, 0.2) is 85.5 Å². The summed E-state index contributed by atoms with van der Waals surface area (Å²) in [6.45, 7) is 8.15. The molecule has 1 fully saturated rings. The van der Waals surface area contributed by atoms with Gasteiger partial charge in [0.15, 0.2) is 6.29 Å². The van der Waals surface area contributed by atoms with Gasteiger partial charge in [-0.15, -0.1) is 6.58 Å². The summed E-state index contributed by atoms with van der Waals surface area (Å²) in [4.78, 5) is 2.22. The first-order valence-electron chi connectivity index (χ1n) is 12.2. The lowest BCUT2D eigenvalue weighted by Crippen LogP contribution is -2.43. The summed E-state index contributed by atoms with van der Waals surface area (Å²) in [7, 11) is 2.08. The van der Waals surface area contributed by atoms with E-state index in [0.717, 1.165) is 46.5 Å². The van der Waals surface area contributed by atoms with E-state index in [1.165, 1.54) is 0 Å². The van der Waals surface area contributed by atoms with Crippen molar-refractivity contribution in [2.24, 2.45) is 11.7 Å². The number of aliphatic hydroxyl groups excluding tert-OH is 1. The second-order valence-corrected chi connectivity index (χ2v) is 9.32. The quantitative estimate of drug-likeness (QED) is 0.418. The number of aliphatic hydroxyl groups is 1. The van der Waals surface area contributed by atoms with E-state index >= 15 is 0 Å². The van der Waals surface area contributed by atoms with E-state index in [2.05, 4.69) is 61.8 Å². The number of hydrogen-bond donors (Lipinski definition) is 2. The van der Waals surface area contributed by atoms with Gasteiger partial charge < -0.3 is 25.2 Å². The lowest BCUT2D eigenvalue weighted by Gasteiger charge is -2.42. The van der Waals surface area contributed by atoms with Crippen molar-refractivity contribution in [2.45, 2.75) is 38.6 Å². The molecule has 0 bridgehead atoms. The zero-order chi connectivity index (χ0) is 24.8. The lowest BCUT2D eigenvalue weighted by molar-refractivity contribution is -0.275. The van der Waals surface area contributed by atoms with Crippen LogP contribution in [0, 0.1) is 5.92 Å². The molecule has 4 rings (SSSR count). The van der Waals surface area contributed by atoms with Crippen molar-refractivity contribution in [1.29, 1.82) is 0 Å². The molecule has 0 saturated carbocycles. The van der Waals surface area contributed by atoms with Gasteiger partial charge in [-0.05, 0) is 34.9 Å². The third kappa shape index (κ3) is 5.89. The smallest absolute Gasteiger partial charge is 0.184 e. The van der Waals surface area contributed by atoms with Crippen LogP contribution >= 0.6 is 0 Å². The number of ether oxygens (including phenoxy) is 2. The van der Waals surface area contributed by atoms with Crippen molar-refractivity contribution < 1.29 is 14.6 Å². The fraction of sp³-hybridized carbons (Fsp3) is 0.333. The largest absolute Gasteiger partial charge is 0.392 e. The predicted octanol–water partition coefficient (Wildman–Crippen LogP) is 5.21. The van der Waals surface area contributed by atoms with Crippen LogP contribution in [0.5, 0.6) is 0 Å². The Balaban J connectivity index is 1.61. The molecule has 0 radical (unpaired) electrons. The molecule has 35 heavy (non-hydrogen) atoms. The van der Waals surface area contributed by atoms with Crippen LogP contribution in [0.3, 0.4) is 0 Å². The molecule has 0 aliphatic carbocycles. The topological polar surface area (TPSA) is 68.0 Å². The highest BCUT2D eigenvalue weighted by Crippen LogP contribution is 2.42. The molecule has 1 saturated heterocycles. The van der Waals surface area contributed by atoms with Crippen molar-refractivity contribution in [2.75, 3.05) is 20.1 Å². The minimum atomic E-state index is -0.477. The first kappa shape index (κ1) is 25.3. The van der Waals surface area contributed by atoms with E-state index in [1.54, 1.807) is 0 Å². The van der Waals surface area contributed by atoms with Crippen LogP contribution in [0.2, 0.25) is 0 Å². The maximum atomic E-state index is 9.44. The average molecular weight is 473 g/mol. The maximum Gasteiger partial charge on any atom is 0.184 e. The summed E-state index contributed by atoms with van der Waals surface area (Å²) in [5.41, 5.74) is 12.3. The molecule has 0 aromatic heterocycles. The molecule has 184 valence electrons. The molecular formula is C30H36N2O3. The fourth-order valence-electron chi connectivity index (χ4n) is 4.73. The summed E-state index contributed by atoms with van der Waals surface area (Å²) in [5, 5.41) is 9.44. The number of benzene rings is 3. The Morgan fingerprint density at radius 2 is 1.66 bits per heavy atom. The molecule has 0 spiro atoms. The second kappa shape index (κ2) is 11.8. The third-order valence-corrected chi connectivity index (χ3v) is 6.79. The van der Waals surface area contributed by atoms with Gasteiger partial charge in [0.2, 0.25) is 0 Å². The highest BCUT2D eigenvalue weighted by atomic mass is 16.7. The molecule has 3 N–H and O–H groups in total. The minimum absolute atomic E-state index is 0.0149. The van der Waals surface area contributed by atoms with Crippen LogP contribution in [-0.4, -0.2) is 36.2 Å². The molecule has 3 aromatic carbocycles. The zero-order valence-corrected chi connectivity index (χ0v) is 20.6. The minimum Gasteiger partial charge on any atom is -0.392 e. The van der Waals surface area contributed by atoms with E-state index in [0.29, 0.717) is 6.54 Å². The van der Waals surface area contributed by atoms with Crippen molar-refractivity contribution >= 4 is 0 Å². The number of hydrogen-bond acceptors (Lipinski definition) is 5. The van der Waals surface area contributed by atoms with Gasteiger partial charge in [-0.1, -0.05) is 85.8 Å². The Morgan fingerprint density at radius 3 is 2.31 bits per heavy atom. The van der Waals surface area contributed by atoms with Crippen molar-refractivity contribution in [3.63, 3.8) is 0 Å². The standard InChI is InChI=1S/C30H36N2O3/c1-4-17-32(3)19-28-21(2)29(24-11-9-22(20-33)10-12-24)35-30(34-28)25-15-13-23(14-16-25)27-8-6-5-7-26(27)18-31/h4-16,21,28-30,33H,1,17-20,31H2,2-3H3/t21-,28+,29+,30+/m0/s1. The zero-order valence-electron chi connectivity index (χ0n) is 20.6. The molecule has 0 amide bonds. The van der Waals surface area contributed by atoms with Crippen molar-refractivity contribution in [3.8, 4) is 11.1 Å². The van der Waals surface area contributed by atoms with Crippen LogP contribution in [0.25, 0.3) is 11.1 Å². The summed E-state index contributed by atoms with van der Waals surface area (Å²) >= 11 is 0. The number of nitrogens with zero attached hydrogens (tertiary/aromatic N) is 1. The molecular weight excluding hydrogens is 436 g/mol. The summed E-state index contributed by atoms with van der Waals surface area (Å²) in [5.74, 6) is 0.147. The van der Waals surface area contributed by atoms with Crippen LogP contribution in [-0.2, 0) is 22.6 Å². The van der Waals surface area contributed by atoms with Gasteiger partial charge in [-0.25, -0.2) is 0 Å². The molecule has 3 aromatic rings. The van der Waals surface area contributed by atoms with E-state index in [1.807, 2.05) is 42.5 Å².